The van der Waals surface area contributed by atoms with Crippen molar-refractivity contribution >= 4 is 33.3 Å². The number of hydrogen-bond donors (Lipinski definition) is 2. The summed E-state index contributed by atoms with van der Waals surface area (Å²) in [6, 6.07) is 21.7. The summed E-state index contributed by atoms with van der Waals surface area (Å²) < 4.78 is 17.7. The van der Waals surface area contributed by atoms with Gasteiger partial charge < -0.3 is 24.8 Å². The Balaban J connectivity index is 0.921. The van der Waals surface area contributed by atoms with Crippen LogP contribution in [-0.2, 0) is 13.1 Å². The van der Waals surface area contributed by atoms with Crippen LogP contribution in [0, 0.1) is 5.82 Å². The number of rotatable bonds is 10. The van der Waals surface area contributed by atoms with E-state index in [1.54, 1.807) is 12.4 Å². The number of benzene rings is 3. The normalized spacial score (nSPS) is 17.2. The number of nitrogens with zero attached hydrogens (tertiary/aromatic N) is 7. The minimum atomic E-state index is -0.418. The van der Waals surface area contributed by atoms with E-state index in [0.717, 1.165) is 69.1 Å². The van der Waals surface area contributed by atoms with Gasteiger partial charge in [0.05, 0.1) is 29.9 Å². The van der Waals surface area contributed by atoms with Crippen LogP contribution in [0.2, 0.25) is 0 Å². The van der Waals surface area contributed by atoms with E-state index in [-0.39, 0.29) is 5.82 Å². The van der Waals surface area contributed by atoms with Crippen LogP contribution in [0.4, 0.5) is 15.9 Å². The topological polar surface area (TPSA) is 87.3 Å². The molecule has 0 aliphatic carbocycles. The van der Waals surface area contributed by atoms with Crippen molar-refractivity contribution in [1.29, 1.82) is 0 Å². The van der Waals surface area contributed by atoms with Crippen molar-refractivity contribution in [2.75, 3.05) is 38.0 Å². The Morgan fingerprint density at radius 1 is 0.878 bits per heavy atom. The van der Waals surface area contributed by atoms with Crippen molar-refractivity contribution in [3.63, 3.8) is 0 Å². The molecule has 0 amide bonds. The maximum atomic E-state index is 13.7. The van der Waals surface area contributed by atoms with E-state index in [0.29, 0.717) is 19.6 Å². The third-order valence-electron chi connectivity index (χ3n) is 10.2. The number of aromatic nitrogens is 5. The van der Waals surface area contributed by atoms with Crippen LogP contribution in [0.5, 0.6) is 0 Å². The number of likely N-dealkylation sites (tertiary alicyclic amines) is 2. The Kier molecular flexibility index (Phi) is 9.08. The molecule has 5 heterocycles. The van der Waals surface area contributed by atoms with Crippen LogP contribution in [0.15, 0.2) is 91.6 Å². The van der Waals surface area contributed by atoms with Crippen LogP contribution in [0.1, 0.15) is 37.7 Å². The molecule has 9 nitrogen and oxygen atoms in total. The number of aliphatic hydroxyl groups excluding tert-OH is 1. The van der Waals surface area contributed by atoms with Gasteiger partial charge >= 0.3 is 0 Å². The fourth-order valence-corrected chi connectivity index (χ4v) is 7.65. The third kappa shape index (κ3) is 7.22. The highest BCUT2D eigenvalue weighted by molar-refractivity contribution is 5.94. The van der Waals surface area contributed by atoms with E-state index >= 15 is 0 Å². The average molecular weight is 659 g/mol. The fourth-order valence-electron chi connectivity index (χ4n) is 7.65. The zero-order chi connectivity index (χ0) is 33.2. The van der Waals surface area contributed by atoms with Crippen molar-refractivity contribution in [2.45, 2.75) is 57.3 Å². The van der Waals surface area contributed by atoms with Crippen molar-refractivity contribution in [3.05, 3.63) is 103 Å². The number of halogens is 1. The van der Waals surface area contributed by atoms with Gasteiger partial charge in [0.25, 0.3) is 0 Å². The fraction of sp³-hybridized carbons (Fsp3) is 0.359. The zero-order valence-corrected chi connectivity index (χ0v) is 27.8. The molecule has 0 spiro atoms. The Labute approximate surface area is 286 Å². The Hall–Kier alpha value is -4.64. The SMILES string of the molecule is OC(CN1CCC(N2CCCCC2)CC1)Cn1ccc(-c2ccc3ncnc(Nc4ccc5c(cnn5Cc5cccc(F)c5)c4)c3c2)c1. The lowest BCUT2D eigenvalue weighted by Crippen LogP contribution is -2.48. The van der Waals surface area contributed by atoms with Crippen molar-refractivity contribution in [2.24, 2.45) is 0 Å². The predicted molar refractivity (Wildman–Crippen MR) is 192 cm³/mol. The molecule has 8 rings (SSSR count). The van der Waals surface area contributed by atoms with Crippen LogP contribution in [0.25, 0.3) is 32.9 Å². The molecule has 49 heavy (non-hydrogen) atoms. The summed E-state index contributed by atoms with van der Waals surface area (Å²) in [5.74, 6) is 0.471. The number of β-amino-alcohol motifs (C(OH)–C–C–N with tert-alkyl or cyclic N) is 1. The predicted octanol–water partition coefficient (Wildman–Crippen LogP) is 6.69. The van der Waals surface area contributed by atoms with Gasteiger partial charge in [0.15, 0.2) is 0 Å². The molecule has 6 aromatic rings. The Morgan fingerprint density at radius 2 is 1.76 bits per heavy atom. The lowest BCUT2D eigenvalue weighted by Gasteiger charge is -2.40. The number of fused-ring (bicyclic) bond motifs is 2. The first-order valence-corrected chi connectivity index (χ1v) is 17.6. The summed E-state index contributed by atoms with van der Waals surface area (Å²) in [4.78, 5) is 14.2. The maximum Gasteiger partial charge on any atom is 0.141 e. The first-order valence-electron chi connectivity index (χ1n) is 17.6. The molecule has 1 unspecified atom stereocenters. The standard InChI is InChI=1S/C39H43FN8O/c40-32-6-4-5-28(19-32)23-48-38-10-8-33(20-31(38)22-43-48)44-39-36-21-29(7-9-37(36)41-27-42-39)30-11-16-46(24-30)26-35(49)25-45-17-12-34(13-18-45)47-14-2-1-3-15-47/h4-11,16,19-22,24,27,34-35,49H,1-3,12-15,17-18,23,25-26H2,(H,41,42,44). The number of nitrogens with one attached hydrogen (secondary N) is 1. The number of hydrogen-bond acceptors (Lipinski definition) is 7. The third-order valence-corrected chi connectivity index (χ3v) is 10.2. The average Bonchev–Trinajstić information content (AvgIpc) is 3.76. The minimum Gasteiger partial charge on any atom is -0.390 e. The quantitative estimate of drug-likeness (QED) is 0.170. The summed E-state index contributed by atoms with van der Waals surface area (Å²) in [6.07, 6.45) is 13.6. The van der Waals surface area contributed by atoms with Gasteiger partial charge in [-0.3, -0.25) is 4.68 Å². The summed E-state index contributed by atoms with van der Waals surface area (Å²) in [6.45, 7) is 6.43. The second-order valence-corrected chi connectivity index (χ2v) is 13.7. The molecular weight excluding hydrogens is 615 g/mol. The van der Waals surface area contributed by atoms with Crippen LogP contribution in [-0.4, -0.2) is 84.1 Å². The molecule has 2 aliphatic rings. The van der Waals surface area contributed by atoms with Gasteiger partial charge in [-0.25, -0.2) is 14.4 Å². The molecule has 252 valence electrons. The second-order valence-electron chi connectivity index (χ2n) is 13.7. The van der Waals surface area contributed by atoms with Crippen LogP contribution < -0.4 is 5.32 Å². The highest BCUT2D eigenvalue weighted by Crippen LogP contribution is 2.30. The summed E-state index contributed by atoms with van der Waals surface area (Å²) in [7, 11) is 0. The lowest BCUT2D eigenvalue weighted by molar-refractivity contribution is 0.0545. The molecule has 1 atom stereocenters. The van der Waals surface area contributed by atoms with Crippen LogP contribution in [0.3, 0.4) is 0 Å². The van der Waals surface area contributed by atoms with Gasteiger partial charge in [-0.2, -0.15) is 5.10 Å². The molecule has 2 aliphatic heterocycles. The summed E-state index contributed by atoms with van der Waals surface area (Å²) in [5.41, 5.74) is 5.71. The summed E-state index contributed by atoms with van der Waals surface area (Å²) >= 11 is 0. The molecule has 3 aromatic heterocycles. The van der Waals surface area contributed by atoms with Gasteiger partial charge in [0.1, 0.15) is 18.0 Å². The molecular formula is C39H43FN8O. The number of anilines is 2. The van der Waals surface area contributed by atoms with E-state index in [9.17, 15) is 9.50 Å². The van der Waals surface area contributed by atoms with E-state index in [2.05, 4.69) is 65.3 Å². The van der Waals surface area contributed by atoms with Gasteiger partial charge in [0, 0.05) is 48.0 Å². The second kappa shape index (κ2) is 14.1. The largest absolute Gasteiger partial charge is 0.390 e. The zero-order valence-electron chi connectivity index (χ0n) is 27.8. The van der Waals surface area contributed by atoms with E-state index in [1.807, 2.05) is 41.2 Å². The van der Waals surface area contributed by atoms with Gasteiger partial charge in [-0.05, 0) is 117 Å². The molecule has 2 N–H and O–H groups in total. The first-order chi connectivity index (χ1) is 24.0. The highest BCUT2D eigenvalue weighted by Gasteiger charge is 2.26. The Bertz CT molecular complexity index is 2040. The number of piperidine rings is 2. The van der Waals surface area contributed by atoms with E-state index < -0.39 is 6.10 Å². The lowest BCUT2D eigenvalue weighted by atomic mass is 9.99. The molecule has 2 fully saturated rings. The van der Waals surface area contributed by atoms with Crippen LogP contribution >= 0.6 is 0 Å². The first kappa shape index (κ1) is 31.6. The molecule has 3 aromatic carbocycles. The smallest absolute Gasteiger partial charge is 0.141 e. The van der Waals surface area contributed by atoms with Gasteiger partial charge in [-0.1, -0.05) is 24.6 Å². The Morgan fingerprint density at radius 3 is 2.61 bits per heavy atom. The highest BCUT2D eigenvalue weighted by atomic mass is 19.1. The van der Waals surface area contributed by atoms with Crippen molar-refractivity contribution in [3.8, 4) is 11.1 Å². The molecule has 10 heteroatoms. The minimum absolute atomic E-state index is 0.249. The number of aliphatic hydroxyl groups is 1. The molecule has 0 bridgehead atoms. The maximum absolute atomic E-state index is 13.7. The monoisotopic (exact) mass is 658 g/mol. The van der Waals surface area contributed by atoms with E-state index in [1.165, 1.54) is 57.3 Å². The molecule has 0 radical (unpaired) electrons. The van der Waals surface area contributed by atoms with Crippen molar-refractivity contribution < 1.29 is 9.50 Å². The van der Waals surface area contributed by atoms with E-state index in [4.69, 9.17) is 0 Å². The van der Waals surface area contributed by atoms with Gasteiger partial charge in [-0.15, -0.1) is 0 Å². The molecule has 0 saturated carbocycles. The summed E-state index contributed by atoms with van der Waals surface area (Å²) in [5, 5.41) is 20.9. The van der Waals surface area contributed by atoms with Crippen molar-refractivity contribution in [1.82, 2.24) is 34.1 Å². The van der Waals surface area contributed by atoms with Gasteiger partial charge in [0.2, 0.25) is 0 Å². The molecule has 2 saturated heterocycles.